The molecule has 0 aliphatic rings. The Morgan fingerprint density at radius 2 is 1.84 bits per heavy atom. The van der Waals surface area contributed by atoms with Gasteiger partial charge in [0.05, 0.1) is 22.6 Å². The van der Waals surface area contributed by atoms with E-state index in [1.54, 1.807) is 30.3 Å². The van der Waals surface area contributed by atoms with Gasteiger partial charge in [-0.05, 0) is 30.3 Å². The van der Waals surface area contributed by atoms with Crippen LogP contribution < -0.4 is 4.74 Å². The van der Waals surface area contributed by atoms with Gasteiger partial charge in [-0.25, -0.2) is 0 Å². The van der Waals surface area contributed by atoms with Gasteiger partial charge in [0, 0.05) is 10.5 Å². The molecule has 2 aromatic rings. The van der Waals surface area contributed by atoms with Crippen LogP contribution in [-0.2, 0) is 0 Å². The van der Waals surface area contributed by atoms with E-state index >= 15 is 0 Å². The van der Waals surface area contributed by atoms with Crippen LogP contribution >= 0.6 is 15.9 Å². The fourth-order valence-corrected chi connectivity index (χ4v) is 1.91. The summed E-state index contributed by atoms with van der Waals surface area (Å²) in [6, 6.07) is 12.8. The Kier molecular flexibility index (Phi) is 3.78. The van der Waals surface area contributed by atoms with Crippen LogP contribution in [0.3, 0.4) is 0 Å². The Morgan fingerprint density at radius 1 is 1.16 bits per heavy atom. The van der Waals surface area contributed by atoms with Crippen molar-refractivity contribution in [2.24, 2.45) is 0 Å². The maximum atomic E-state index is 10.7. The highest BCUT2D eigenvalue weighted by atomic mass is 79.9. The number of nitrogens with zero attached hydrogens (tertiary/aromatic N) is 2. The molecule has 0 radical (unpaired) electrons. The third-order valence-electron chi connectivity index (χ3n) is 2.29. The summed E-state index contributed by atoms with van der Waals surface area (Å²) in [5.41, 5.74) is 0.464. The van der Waals surface area contributed by atoms with E-state index in [1.807, 2.05) is 6.07 Å². The summed E-state index contributed by atoms with van der Waals surface area (Å²) < 4.78 is 6.07. The fraction of sp³-hybridized carbons (Fsp3) is 0. The van der Waals surface area contributed by atoms with Crippen LogP contribution in [0.5, 0.6) is 11.5 Å². The maximum absolute atomic E-state index is 10.7. The second kappa shape index (κ2) is 5.50. The highest BCUT2D eigenvalue weighted by Crippen LogP contribution is 2.29. The van der Waals surface area contributed by atoms with Crippen molar-refractivity contribution in [1.82, 2.24) is 0 Å². The van der Waals surface area contributed by atoms with E-state index in [4.69, 9.17) is 10.00 Å². The van der Waals surface area contributed by atoms with E-state index in [0.717, 1.165) is 0 Å². The van der Waals surface area contributed by atoms with Gasteiger partial charge in [-0.15, -0.1) is 0 Å². The fourth-order valence-electron chi connectivity index (χ4n) is 1.45. The maximum Gasteiger partial charge on any atom is 0.274 e. The van der Waals surface area contributed by atoms with E-state index in [1.165, 1.54) is 12.1 Å². The van der Waals surface area contributed by atoms with Gasteiger partial charge in [0.15, 0.2) is 0 Å². The number of benzene rings is 2. The highest BCUT2D eigenvalue weighted by Gasteiger charge is 2.10. The lowest BCUT2D eigenvalue weighted by molar-refractivity contribution is -0.385. The normalized spacial score (nSPS) is 9.68. The summed E-state index contributed by atoms with van der Waals surface area (Å²) in [7, 11) is 0. The molecule has 19 heavy (non-hydrogen) atoms. The molecule has 0 heterocycles. The highest BCUT2D eigenvalue weighted by molar-refractivity contribution is 9.10. The number of hydrogen-bond acceptors (Lipinski definition) is 4. The number of non-ortho nitro benzene ring substituents is 1. The van der Waals surface area contributed by atoms with Gasteiger partial charge in [0.25, 0.3) is 5.69 Å². The van der Waals surface area contributed by atoms with Crippen molar-refractivity contribution in [3.05, 3.63) is 62.6 Å². The van der Waals surface area contributed by atoms with Crippen molar-refractivity contribution < 1.29 is 9.66 Å². The van der Waals surface area contributed by atoms with Gasteiger partial charge in [-0.1, -0.05) is 15.9 Å². The molecule has 0 fully saturated rings. The molecule has 0 spiro atoms. The molecule has 0 bridgehead atoms. The number of rotatable bonds is 3. The first kappa shape index (κ1) is 13.1. The van der Waals surface area contributed by atoms with Crippen LogP contribution in [0.1, 0.15) is 5.56 Å². The molecule has 6 heteroatoms. The molecule has 0 amide bonds. The summed E-state index contributed by atoms with van der Waals surface area (Å²) in [4.78, 5) is 10.2. The summed E-state index contributed by atoms with van der Waals surface area (Å²) in [6.45, 7) is 0. The number of ether oxygens (including phenoxy) is 1. The molecule has 2 rings (SSSR count). The summed E-state index contributed by atoms with van der Waals surface area (Å²) in [5.74, 6) is 0.859. The number of hydrogen-bond donors (Lipinski definition) is 0. The Balaban J connectivity index is 2.27. The predicted octanol–water partition coefficient (Wildman–Crippen LogP) is 4.02. The van der Waals surface area contributed by atoms with Gasteiger partial charge < -0.3 is 4.74 Å². The third-order valence-corrected chi connectivity index (χ3v) is 2.74. The molecule has 0 aliphatic carbocycles. The van der Waals surface area contributed by atoms with Crippen LogP contribution in [0, 0.1) is 21.4 Å². The van der Waals surface area contributed by atoms with Gasteiger partial charge in [0.1, 0.15) is 11.5 Å². The molecule has 0 atom stereocenters. The lowest BCUT2D eigenvalue weighted by Gasteiger charge is -2.06. The first-order valence-electron chi connectivity index (χ1n) is 5.21. The monoisotopic (exact) mass is 318 g/mol. The van der Waals surface area contributed by atoms with E-state index in [-0.39, 0.29) is 5.69 Å². The minimum Gasteiger partial charge on any atom is -0.457 e. The summed E-state index contributed by atoms with van der Waals surface area (Å²) >= 11 is 3.19. The van der Waals surface area contributed by atoms with Gasteiger partial charge in [-0.3, -0.25) is 10.1 Å². The SMILES string of the molecule is N#Cc1ccc(Oc2cc(Br)cc([N+](=O)[O-])c2)cc1. The van der Waals surface area contributed by atoms with Crippen LogP contribution in [0.4, 0.5) is 5.69 Å². The molecule has 0 aliphatic heterocycles. The van der Waals surface area contributed by atoms with E-state index in [2.05, 4.69) is 15.9 Å². The minimum atomic E-state index is -0.490. The van der Waals surface area contributed by atoms with Crippen molar-refractivity contribution in [2.75, 3.05) is 0 Å². The van der Waals surface area contributed by atoms with Gasteiger partial charge in [-0.2, -0.15) is 5.26 Å². The van der Waals surface area contributed by atoms with Crippen molar-refractivity contribution >= 4 is 21.6 Å². The summed E-state index contributed by atoms with van der Waals surface area (Å²) in [6.07, 6.45) is 0. The Morgan fingerprint density at radius 3 is 2.42 bits per heavy atom. The molecule has 0 saturated carbocycles. The van der Waals surface area contributed by atoms with Crippen LogP contribution in [0.2, 0.25) is 0 Å². The number of nitro groups is 1. The predicted molar refractivity (Wildman–Crippen MR) is 72.0 cm³/mol. The first-order valence-corrected chi connectivity index (χ1v) is 6.01. The lowest BCUT2D eigenvalue weighted by Crippen LogP contribution is -1.90. The van der Waals surface area contributed by atoms with Crippen LogP contribution in [-0.4, -0.2) is 4.92 Å². The third kappa shape index (κ3) is 3.30. The molecule has 0 unspecified atom stereocenters. The van der Waals surface area contributed by atoms with E-state index in [0.29, 0.717) is 21.5 Å². The molecule has 0 saturated heterocycles. The minimum absolute atomic E-state index is 0.0574. The quantitative estimate of drug-likeness (QED) is 0.632. The zero-order valence-electron chi connectivity index (χ0n) is 9.54. The Bertz CT molecular complexity index is 663. The first-order chi connectivity index (χ1) is 9.08. The van der Waals surface area contributed by atoms with E-state index < -0.39 is 4.92 Å². The zero-order valence-corrected chi connectivity index (χ0v) is 11.1. The van der Waals surface area contributed by atoms with Crippen LogP contribution in [0.25, 0.3) is 0 Å². The molecule has 2 aromatic carbocycles. The second-order valence-electron chi connectivity index (χ2n) is 3.64. The Labute approximate surface area is 117 Å². The van der Waals surface area contributed by atoms with Gasteiger partial charge in [0.2, 0.25) is 0 Å². The van der Waals surface area contributed by atoms with E-state index in [9.17, 15) is 10.1 Å². The zero-order chi connectivity index (χ0) is 13.8. The summed E-state index contributed by atoms with van der Waals surface area (Å²) in [5, 5.41) is 19.4. The number of nitriles is 1. The van der Waals surface area contributed by atoms with Crippen molar-refractivity contribution in [3.8, 4) is 17.6 Å². The average molecular weight is 319 g/mol. The largest absolute Gasteiger partial charge is 0.457 e. The smallest absolute Gasteiger partial charge is 0.274 e. The molecular formula is C13H7BrN2O3. The second-order valence-corrected chi connectivity index (χ2v) is 4.56. The van der Waals surface area contributed by atoms with Crippen LogP contribution in [0.15, 0.2) is 46.9 Å². The standard InChI is InChI=1S/C13H7BrN2O3/c14-10-5-11(16(17)18)7-13(6-10)19-12-3-1-9(8-15)2-4-12/h1-7H. The molecule has 5 nitrogen and oxygen atoms in total. The van der Waals surface area contributed by atoms with Crippen molar-refractivity contribution in [1.29, 1.82) is 5.26 Å². The molecular weight excluding hydrogens is 312 g/mol. The topological polar surface area (TPSA) is 76.2 Å². The lowest BCUT2D eigenvalue weighted by atomic mass is 10.2. The Hall–Kier alpha value is -2.39. The van der Waals surface area contributed by atoms with Crippen molar-refractivity contribution in [2.45, 2.75) is 0 Å². The molecule has 94 valence electrons. The number of halogens is 1. The average Bonchev–Trinajstić information content (AvgIpc) is 2.39. The van der Waals surface area contributed by atoms with Gasteiger partial charge >= 0.3 is 0 Å². The van der Waals surface area contributed by atoms with Crippen molar-refractivity contribution in [3.63, 3.8) is 0 Å². The molecule has 0 N–H and O–H groups in total. The number of nitro benzene ring substituents is 1. The molecule has 0 aromatic heterocycles.